The van der Waals surface area contributed by atoms with Gasteiger partial charge in [-0.25, -0.2) is 0 Å². The fourth-order valence-electron chi connectivity index (χ4n) is 0.0354. The average molecular weight is 78.1 g/mol. The highest BCUT2D eigenvalue weighted by molar-refractivity contribution is 4.04. The third kappa shape index (κ3) is 3.84. The minimum atomic E-state index is 0. The van der Waals surface area contributed by atoms with Crippen LogP contribution in [-0.2, 0) is 0 Å². The fourth-order valence-corrected chi connectivity index (χ4v) is 0.0354. The Labute approximate surface area is 29.3 Å². The second-order valence-electron chi connectivity index (χ2n) is 0.493. The van der Waals surface area contributed by atoms with E-state index < -0.39 is 0 Å². The summed E-state index contributed by atoms with van der Waals surface area (Å²) >= 11 is 0. The van der Waals surface area contributed by atoms with E-state index in [2.05, 4.69) is 0 Å². The summed E-state index contributed by atoms with van der Waals surface area (Å²) in [6.45, 7) is 0. The van der Waals surface area contributed by atoms with Crippen molar-refractivity contribution >= 4 is 0 Å². The van der Waals surface area contributed by atoms with Crippen LogP contribution in [0.25, 0.3) is 0 Å². The van der Waals surface area contributed by atoms with Crippen LogP contribution in [0.4, 0.5) is 0 Å². The van der Waals surface area contributed by atoms with Crippen LogP contribution in [0.15, 0.2) is 0 Å². The zero-order valence-electron chi connectivity index (χ0n) is 2.60. The van der Waals surface area contributed by atoms with E-state index >= 15 is 0 Å². The Morgan fingerprint density at radius 3 is 1.60 bits per heavy atom. The second kappa shape index (κ2) is 3.84. The molecule has 0 aromatic heterocycles. The molecule has 0 aliphatic heterocycles. The molecular formula is CH6N2O2. The third-order valence-electron chi connectivity index (χ3n) is 0.158. The minimum absolute atomic E-state index is 0. The largest absolute Gasteiger partial charge is 0.315 e. The standard InChI is InChI=1S/CH6N2O2/c4-2-1-3-5/h2-5H,1H2. The first kappa shape index (κ1) is 4.84. The molecule has 0 amide bonds. The Hall–Kier alpha value is -0.160. The molecule has 0 radical (unpaired) electrons. The number of nitrogens with one attached hydrogen (secondary N) is 2. The first-order chi connectivity index (χ1) is 2.41. The van der Waals surface area contributed by atoms with Crippen molar-refractivity contribution in [2.24, 2.45) is 0 Å². The first-order valence-corrected chi connectivity index (χ1v) is 1.15. The van der Waals surface area contributed by atoms with Crippen molar-refractivity contribution in [3.63, 3.8) is 0 Å². The van der Waals surface area contributed by atoms with Gasteiger partial charge in [0.1, 0.15) is 0 Å². The Morgan fingerprint density at radius 2 is 1.60 bits per heavy atom. The monoisotopic (exact) mass is 78.0 g/mol. The molecule has 4 nitrogen and oxygen atoms in total. The normalized spacial score (nSPS) is 8.40. The molecule has 0 aliphatic carbocycles. The number of hydrogen-bond donors (Lipinski definition) is 4. The molecule has 4 N–H and O–H groups in total. The summed E-state index contributed by atoms with van der Waals surface area (Å²) in [7, 11) is 0. The first-order valence-electron chi connectivity index (χ1n) is 1.15. The van der Waals surface area contributed by atoms with E-state index in [0.29, 0.717) is 0 Å². The van der Waals surface area contributed by atoms with Crippen molar-refractivity contribution in [2.45, 2.75) is 0 Å². The summed E-state index contributed by atoms with van der Waals surface area (Å²) < 4.78 is 0. The molecular weight excluding hydrogens is 72.0 g/mol. The maximum absolute atomic E-state index is 7.59. The Bertz CT molecular complexity index is 15.1. The molecule has 0 aliphatic rings. The van der Waals surface area contributed by atoms with Crippen molar-refractivity contribution < 1.29 is 10.4 Å². The number of rotatable bonds is 2. The van der Waals surface area contributed by atoms with Crippen LogP contribution in [-0.4, -0.2) is 17.1 Å². The molecule has 0 unspecified atom stereocenters. The topological polar surface area (TPSA) is 64.5 Å². The summed E-state index contributed by atoms with van der Waals surface area (Å²) in [5, 5.41) is 15.2. The van der Waals surface area contributed by atoms with Crippen LogP contribution >= 0.6 is 0 Å². The lowest BCUT2D eigenvalue weighted by molar-refractivity contribution is 0.0808. The maximum Gasteiger partial charge on any atom is 0.0933 e. The zero-order chi connectivity index (χ0) is 4.12. The summed E-state index contributed by atoms with van der Waals surface area (Å²) in [4.78, 5) is 0. The molecule has 0 rings (SSSR count). The molecule has 5 heavy (non-hydrogen) atoms. The van der Waals surface area contributed by atoms with Crippen molar-refractivity contribution in [1.82, 2.24) is 11.0 Å². The van der Waals surface area contributed by atoms with Crippen molar-refractivity contribution in [3.05, 3.63) is 0 Å². The van der Waals surface area contributed by atoms with Gasteiger partial charge in [0.05, 0.1) is 6.67 Å². The van der Waals surface area contributed by atoms with E-state index in [1.165, 1.54) is 0 Å². The fraction of sp³-hybridized carbons (Fsp3) is 1.00. The lowest BCUT2D eigenvalue weighted by atomic mass is 11.2. The van der Waals surface area contributed by atoms with Gasteiger partial charge < -0.3 is 10.4 Å². The van der Waals surface area contributed by atoms with Crippen LogP contribution in [0.5, 0.6) is 0 Å². The third-order valence-corrected chi connectivity index (χ3v) is 0.158. The van der Waals surface area contributed by atoms with E-state index in [9.17, 15) is 0 Å². The predicted octanol–water partition coefficient (Wildman–Crippen LogP) is -1.10. The van der Waals surface area contributed by atoms with Crippen LogP contribution in [0.1, 0.15) is 0 Å². The van der Waals surface area contributed by atoms with E-state index in [1.54, 1.807) is 11.0 Å². The molecule has 0 bridgehead atoms. The molecule has 32 valence electrons. The van der Waals surface area contributed by atoms with E-state index in [4.69, 9.17) is 10.4 Å². The SMILES string of the molecule is ONCNO. The van der Waals surface area contributed by atoms with Crippen molar-refractivity contribution in [3.8, 4) is 0 Å². The second-order valence-corrected chi connectivity index (χ2v) is 0.493. The maximum atomic E-state index is 7.59. The van der Waals surface area contributed by atoms with Crippen molar-refractivity contribution in [2.75, 3.05) is 6.67 Å². The van der Waals surface area contributed by atoms with Crippen LogP contribution in [0.2, 0.25) is 0 Å². The smallest absolute Gasteiger partial charge is 0.0933 e. The summed E-state index contributed by atoms with van der Waals surface area (Å²) in [6, 6.07) is 0. The Kier molecular flexibility index (Phi) is 3.72. The molecule has 0 heterocycles. The molecule has 0 aromatic rings. The van der Waals surface area contributed by atoms with E-state index in [1.807, 2.05) is 0 Å². The predicted molar refractivity (Wildman–Crippen MR) is 14.7 cm³/mol. The molecule has 0 fully saturated rings. The summed E-state index contributed by atoms with van der Waals surface area (Å²) in [6.07, 6.45) is 0. The van der Waals surface area contributed by atoms with Crippen LogP contribution in [0.3, 0.4) is 0 Å². The van der Waals surface area contributed by atoms with Gasteiger partial charge in [-0.1, -0.05) is 0 Å². The Balaban J connectivity index is 2.19. The highest BCUT2D eigenvalue weighted by atomic mass is 16.5. The summed E-state index contributed by atoms with van der Waals surface area (Å²) in [5.41, 5.74) is 3.31. The summed E-state index contributed by atoms with van der Waals surface area (Å²) in [5.74, 6) is 0. The van der Waals surface area contributed by atoms with Gasteiger partial charge in [0.25, 0.3) is 0 Å². The van der Waals surface area contributed by atoms with Gasteiger partial charge in [0.15, 0.2) is 0 Å². The molecule has 0 atom stereocenters. The van der Waals surface area contributed by atoms with Gasteiger partial charge in [0, 0.05) is 0 Å². The van der Waals surface area contributed by atoms with Gasteiger partial charge in [-0.3, -0.25) is 0 Å². The molecule has 4 heteroatoms. The average Bonchev–Trinajstić information content (AvgIpc) is 1.41. The minimum Gasteiger partial charge on any atom is -0.315 e. The zero-order valence-corrected chi connectivity index (χ0v) is 2.60. The van der Waals surface area contributed by atoms with Crippen LogP contribution < -0.4 is 11.0 Å². The van der Waals surface area contributed by atoms with Gasteiger partial charge in [-0.15, -0.1) is 0 Å². The lowest BCUT2D eigenvalue weighted by Crippen LogP contribution is -2.22. The number of hydrogen-bond acceptors (Lipinski definition) is 4. The molecule has 0 saturated heterocycles. The van der Waals surface area contributed by atoms with Gasteiger partial charge in [-0.05, 0) is 0 Å². The van der Waals surface area contributed by atoms with Gasteiger partial charge in [0.2, 0.25) is 0 Å². The quantitative estimate of drug-likeness (QED) is 0.250. The molecule has 0 spiro atoms. The molecule has 0 saturated carbocycles. The lowest BCUT2D eigenvalue weighted by Gasteiger charge is -1.86. The van der Waals surface area contributed by atoms with E-state index in [0.717, 1.165) is 0 Å². The molecule has 0 aromatic carbocycles. The highest BCUT2D eigenvalue weighted by Crippen LogP contribution is 1.28. The Morgan fingerprint density at radius 1 is 1.20 bits per heavy atom. The van der Waals surface area contributed by atoms with Gasteiger partial charge >= 0.3 is 0 Å². The number of hydroxylamine groups is 2. The van der Waals surface area contributed by atoms with Crippen LogP contribution in [0, 0.1) is 0 Å². The van der Waals surface area contributed by atoms with Gasteiger partial charge in [-0.2, -0.15) is 11.0 Å². The highest BCUT2D eigenvalue weighted by Gasteiger charge is 1.63. The van der Waals surface area contributed by atoms with Crippen molar-refractivity contribution in [1.29, 1.82) is 0 Å². The van der Waals surface area contributed by atoms with E-state index in [-0.39, 0.29) is 6.67 Å².